The van der Waals surface area contributed by atoms with Crippen molar-refractivity contribution in [3.8, 4) is 22.5 Å². The Balaban J connectivity index is 1.25. The molecule has 4 aromatic rings. The maximum Gasteiger partial charge on any atom is 0.314 e. The van der Waals surface area contributed by atoms with E-state index in [1.54, 1.807) is 0 Å². The lowest BCUT2D eigenvalue weighted by Gasteiger charge is -2.13. The molecule has 0 aliphatic heterocycles. The topological polar surface area (TPSA) is 92.8 Å². The number of hydrogen-bond acceptors (Lipinski definition) is 5. The minimum Gasteiger partial charge on any atom is -0.481 e. The van der Waals surface area contributed by atoms with Gasteiger partial charge in [-0.05, 0) is 48.4 Å². The van der Waals surface area contributed by atoms with Crippen molar-refractivity contribution in [2.45, 2.75) is 37.7 Å². The molecule has 1 fully saturated rings. The SMILES string of the molecule is Cc1noc(-c2ccc(-c3ccc(C4(C(=O)O)CC4)cc3)cc2)c1C(O)COCCc1ccccc1. The number of rotatable bonds is 10. The molecule has 0 amide bonds. The standard InChI is InChI=1S/C30H29NO5/c1-20-27(26(32)19-35-18-15-21-5-3-2-4-6-21)28(36-31-20)24-9-7-22(8-10-24)23-11-13-25(14-12-23)30(16-17-30)29(33)34/h2-14,26,32H,15-19H2,1H3,(H,33,34). The van der Waals surface area contributed by atoms with Crippen LogP contribution in [0.2, 0.25) is 0 Å². The maximum absolute atomic E-state index is 11.6. The van der Waals surface area contributed by atoms with Crippen molar-refractivity contribution < 1.29 is 24.3 Å². The molecule has 184 valence electrons. The molecule has 1 saturated carbocycles. The molecule has 6 heteroatoms. The van der Waals surface area contributed by atoms with E-state index in [9.17, 15) is 15.0 Å². The highest BCUT2D eigenvalue weighted by atomic mass is 16.5. The van der Waals surface area contributed by atoms with Crippen LogP contribution in [0.4, 0.5) is 0 Å². The second kappa shape index (κ2) is 10.1. The Morgan fingerprint density at radius 1 is 0.972 bits per heavy atom. The van der Waals surface area contributed by atoms with Crippen molar-refractivity contribution in [1.82, 2.24) is 5.16 Å². The summed E-state index contributed by atoms with van der Waals surface area (Å²) in [5, 5.41) is 24.4. The first-order chi connectivity index (χ1) is 17.5. The van der Waals surface area contributed by atoms with E-state index in [-0.39, 0.29) is 6.61 Å². The van der Waals surface area contributed by atoms with Gasteiger partial charge in [0.15, 0.2) is 5.76 Å². The van der Waals surface area contributed by atoms with Crippen LogP contribution in [0.3, 0.4) is 0 Å². The van der Waals surface area contributed by atoms with E-state index in [0.717, 1.165) is 28.7 Å². The van der Waals surface area contributed by atoms with E-state index in [1.807, 2.05) is 73.7 Å². The predicted molar refractivity (Wildman–Crippen MR) is 137 cm³/mol. The predicted octanol–water partition coefficient (Wildman–Crippen LogP) is 5.73. The van der Waals surface area contributed by atoms with Crippen LogP contribution >= 0.6 is 0 Å². The molecule has 5 rings (SSSR count). The molecule has 1 heterocycles. The molecule has 0 bridgehead atoms. The van der Waals surface area contributed by atoms with Crippen LogP contribution in [0, 0.1) is 6.92 Å². The molecular weight excluding hydrogens is 454 g/mol. The highest BCUT2D eigenvalue weighted by Gasteiger charge is 2.51. The lowest BCUT2D eigenvalue weighted by Crippen LogP contribution is -2.19. The third-order valence-electron chi connectivity index (χ3n) is 6.97. The number of carbonyl (C=O) groups is 1. The second-order valence-corrected chi connectivity index (χ2v) is 9.38. The Bertz CT molecular complexity index is 1320. The van der Waals surface area contributed by atoms with Crippen LogP contribution in [0.1, 0.15) is 41.3 Å². The Morgan fingerprint density at radius 3 is 2.19 bits per heavy atom. The van der Waals surface area contributed by atoms with Crippen molar-refractivity contribution in [3.63, 3.8) is 0 Å². The zero-order chi connectivity index (χ0) is 25.1. The van der Waals surface area contributed by atoms with Crippen molar-refractivity contribution in [2.75, 3.05) is 13.2 Å². The summed E-state index contributed by atoms with van der Waals surface area (Å²) in [6.07, 6.45) is 1.32. The van der Waals surface area contributed by atoms with Gasteiger partial charge in [-0.25, -0.2) is 0 Å². The van der Waals surface area contributed by atoms with Gasteiger partial charge in [0.05, 0.1) is 29.9 Å². The fourth-order valence-corrected chi connectivity index (χ4v) is 4.64. The van der Waals surface area contributed by atoms with Crippen molar-refractivity contribution in [1.29, 1.82) is 0 Å². The van der Waals surface area contributed by atoms with Gasteiger partial charge in [0.2, 0.25) is 0 Å². The molecule has 36 heavy (non-hydrogen) atoms. The zero-order valence-electron chi connectivity index (χ0n) is 20.2. The lowest BCUT2D eigenvalue weighted by atomic mass is 9.93. The number of aliphatic carboxylic acids is 1. The number of aliphatic hydroxyl groups excluding tert-OH is 1. The van der Waals surface area contributed by atoms with E-state index in [4.69, 9.17) is 9.26 Å². The molecule has 1 aliphatic carbocycles. The summed E-state index contributed by atoms with van der Waals surface area (Å²) >= 11 is 0. The fourth-order valence-electron chi connectivity index (χ4n) is 4.64. The Labute approximate surface area is 210 Å². The Morgan fingerprint density at radius 2 is 1.58 bits per heavy atom. The van der Waals surface area contributed by atoms with E-state index in [1.165, 1.54) is 5.56 Å². The third-order valence-corrected chi connectivity index (χ3v) is 6.97. The molecule has 0 saturated heterocycles. The number of carboxylic acid groups (broad SMARTS) is 1. The minimum absolute atomic E-state index is 0.157. The first kappa shape index (κ1) is 24.0. The smallest absolute Gasteiger partial charge is 0.314 e. The number of nitrogens with zero attached hydrogens (tertiary/aromatic N) is 1. The summed E-state index contributed by atoms with van der Waals surface area (Å²) in [6.45, 7) is 2.49. The van der Waals surface area contributed by atoms with Crippen LogP contribution < -0.4 is 0 Å². The van der Waals surface area contributed by atoms with E-state index < -0.39 is 17.5 Å². The average Bonchev–Trinajstić information content (AvgIpc) is 3.64. The zero-order valence-corrected chi connectivity index (χ0v) is 20.2. The monoisotopic (exact) mass is 483 g/mol. The molecule has 1 aromatic heterocycles. The number of benzene rings is 3. The normalized spacial score (nSPS) is 14.9. The summed E-state index contributed by atoms with van der Waals surface area (Å²) in [6, 6.07) is 25.7. The quantitative estimate of drug-likeness (QED) is 0.280. The van der Waals surface area contributed by atoms with Gasteiger partial charge < -0.3 is 19.5 Å². The van der Waals surface area contributed by atoms with Crippen LogP contribution in [-0.2, 0) is 21.4 Å². The van der Waals surface area contributed by atoms with Gasteiger partial charge in [0.1, 0.15) is 6.10 Å². The Kier molecular flexibility index (Phi) is 6.72. The number of ether oxygens (including phenoxy) is 1. The van der Waals surface area contributed by atoms with Gasteiger partial charge in [-0.15, -0.1) is 0 Å². The summed E-state index contributed by atoms with van der Waals surface area (Å²) in [4.78, 5) is 11.6. The molecule has 1 unspecified atom stereocenters. The molecular formula is C30H29NO5. The second-order valence-electron chi connectivity index (χ2n) is 9.38. The van der Waals surface area contributed by atoms with Crippen molar-refractivity contribution in [2.24, 2.45) is 0 Å². The van der Waals surface area contributed by atoms with Gasteiger partial charge >= 0.3 is 5.97 Å². The summed E-state index contributed by atoms with van der Waals surface area (Å²) in [5.41, 5.74) is 5.45. The van der Waals surface area contributed by atoms with Crippen LogP contribution in [0.5, 0.6) is 0 Å². The maximum atomic E-state index is 11.6. The van der Waals surface area contributed by atoms with Gasteiger partial charge in [-0.3, -0.25) is 4.79 Å². The molecule has 1 atom stereocenters. The van der Waals surface area contributed by atoms with Crippen LogP contribution in [-0.4, -0.2) is 34.6 Å². The van der Waals surface area contributed by atoms with E-state index in [2.05, 4.69) is 17.3 Å². The molecule has 3 aromatic carbocycles. The van der Waals surface area contributed by atoms with Gasteiger partial charge in [0, 0.05) is 5.56 Å². The Hall–Kier alpha value is -3.74. The molecule has 2 N–H and O–H groups in total. The summed E-state index contributed by atoms with van der Waals surface area (Å²) in [5.74, 6) is -0.216. The van der Waals surface area contributed by atoms with E-state index in [0.29, 0.717) is 36.5 Å². The molecule has 6 nitrogen and oxygen atoms in total. The lowest BCUT2D eigenvalue weighted by molar-refractivity contribution is -0.140. The number of aliphatic hydroxyl groups is 1. The highest BCUT2D eigenvalue weighted by molar-refractivity contribution is 5.85. The summed E-state index contributed by atoms with van der Waals surface area (Å²) < 4.78 is 11.3. The van der Waals surface area contributed by atoms with Gasteiger partial charge in [-0.2, -0.15) is 0 Å². The van der Waals surface area contributed by atoms with E-state index >= 15 is 0 Å². The number of aryl methyl sites for hydroxylation is 1. The molecule has 0 radical (unpaired) electrons. The average molecular weight is 484 g/mol. The van der Waals surface area contributed by atoms with Crippen molar-refractivity contribution >= 4 is 5.97 Å². The minimum atomic E-state index is -0.849. The first-order valence-electron chi connectivity index (χ1n) is 12.2. The number of hydrogen-bond donors (Lipinski definition) is 2. The highest BCUT2D eigenvalue weighted by Crippen LogP contribution is 2.48. The number of aromatic nitrogens is 1. The fraction of sp³-hybridized carbons (Fsp3) is 0.267. The molecule has 1 aliphatic rings. The van der Waals surface area contributed by atoms with Gasteiger partial charge in [0.25, 0.3) is 0 Å². The van der Waals surface area contributed by atoms with Crippen LogP contribution in [0.25, 0.3) is 22.5 Å². The van der Waals surface area contributed by atoms with Crippen LogP contribution in [0.15, 0.2) is 83.4 Å². The van der Waals surface area contributed by atoms with Gasteiger partial charge in [-0.1, -0.05) is 84.0 Å². The largest absolute Gasteiger partial charge is 0.481 e. The summed E-state index contributed by atoms with van der Waals surface area (Å²) in [7, 11) is 0. The number of carboxylic acids is 1. The van der Waals surface area contributed by atoms with Crippen molar-refractivity contribution in [3.05, 3.63) is 101 Å². The first-order valence-corrected chi connectivity index (χ1v) is 12.2. The molecule has 0 spiro atoms. The third kappa shape index (κ3) is 4.83.